The molecular formula is C10H13NO3. The van der Waals surface area contributed by atoms with Gasteiger partial charge in [-0.3, -0.25) is 0 Å². The fourth-order valence-corrected chi connectivity index (χ4v) is 1.31. The molecule has 0 N–H and O–H groups in total. The van der Waals surface area contributed by atoms with Crippen LogP contribution in [0.1, 0.15) is 47.8 Å². The number of rotatable bonds is 3. The van der Waals surface area contributed by atoms with Crippen molar-refractivity contribution in [1.29, 1.82) is 0 Å². The third kappa shape index (κ3) is 1.64. The number of nitrogens with zero attached hydrogens (tertiary/aromatic N) is 1. The van der Waals surface area contributed by atoms with E-state index >= 15 is 0 Å². The Bertz CT molecular complexity index is 352. The van der Waals surface area contributed by atoms with E-state index in [0.717, 1.165) is 12.8 Å². The molecule has 0 saturated heterocycles. The fraction of sp³-hybridized carbons (Fsp3) is 0.600. The van der Waals surface area contributed by atoms with Crippen molar-refractivity contribution in [3.63, 3.8) is 0 Å². The molecule has 0 bridgehead atoms. The van der Waals surface area contributed by atoms with Gasteiger partial charge in [0.1, 0.15) is 5.76 Å². The highest BCUT2D eigenvalue weighted by molar-refractivity contribution is 5.88. The third-order valence-corrected chi connectivity index (χ3v) is 2.21. The highest BCUT2D eigenvalue weighted by Crippen LogP contribution is 2.40. The maximum atomic E-state index is 11.4. The Hall–Kier alpha value is -1.32. The van der Waals surface area contributed by atoms with Crippen molar-refractivity contribution in [2.45, 2.75) is 32.6 Å². The summed E-state index contributed by atoms with van der Waals surface area (Å²) in [6.45, 7) is 3.88. The van der Waals surface area contributed by atoms with Gasteiger partial charge >= 0.3 is 5.97 Å². The number of aromatic nitrogens is 1. The Morgan fingerprint density at radius 3 is 2.93 bits per heavy atom. The van der Waals surface area contributed by atoms with Crippen LogP contribution in [0.25, 0.3) is 0 Å². The Labute approximate surface area is 82.3 Å². The van der Waals surface area contributed by atoms with Gasteiger partial charge in [0.15, 0.2) is 11.6 Å². The van der Waals surface area contributed by atoms with Crippen LogP contribution in [0.15, 0.2) is 4.42 Å². The summed E-state index contributed by atoms with van der Waals surface area (Å²) in [6.07, 6.45) is 2.23. The average molecular weight is 195 g/mol. The number of carbonyl (C=O) groups is 1. The second-order valence-corrected chi connectivity index (χ2v) is 3.45. The summed E-state index contributed by atoms with van der Waals surface area (Å²) in [5.41, 5.74) is 0.328. The topological polar surface area (TPSA) is 52.3 Å². The number of carbonyl (C=O) groups excluding carboxylic acids is 1. The second kappa shape index (κ2) is 3.44. The molecule has 4 nitrogen and oxygen atoms in total. The molecule has 0 atom stereocenters. The monoisotopic (exact) mass is 195 g/mol. The molecule has 1 fully saturated rings. The number of oxazole rings is 1. The van der Waals surface area contributed by atoms with Gasteiger partial charge in [0.2, 0.25) is 0 Å². The summed E-state index contributed by atoms with van der Waals surface area (Å²) >= 11 is 0. The van der Waals surface area contributed by atoms with Gasteiger partial charge in [0.25, 0.3) is 0 Å². The number of hydrogen-bond donors (Lipinski definition) is 0. The molecular weight excluding hydrogens is 182 g/mol. The van der Waals surface area contributed by atoms with Crippen LogP contribution >= 0.6 is 0 Å². The average Bonchev–Trinajstić information content (AvgIpc) is 2.91. The summed E-state index contributed by atoms with van der Waals surface area (Å²) in [7, 11) is 0. The van der Waals surface area contributed by atoms with Crippen molar-refractivity contribution in [2.24, 2.45) is 0 Å². The van der Waals surface area contributed by atoms with Crippen molar-refractivity contribution in [3.05, 3.63) is 17.3 Å². The van der Waals surface area contributed by atoms with Gasteiger partial charge in [0, 0.05) is 5.92 Å². The summed E-state index contributed by atoms with van der Waals surface area (Å²) in [5.74, 6) is 1.29. The molecule has 4 heteroatoms. The zero-order valence-corrected chi connectivity index (χ0v) is 8.37. The minimum absolute atomic E-state index is 0.328. The van der Waals surface area contributed by atoms with Crippen LogP contribution in [0.2, 0.25) is 0 Å². The molecule has 0 aliphatic heterocycles. The predicted octanol–water partition coefficient (Wildman–Crippen LogP) is 2.04. The van der Waals surface area contributed by atoms with Gasteiger partial charge < -0.3 is 9.15 Å². The van der Waals surface area contributed by atoms with Gasteiger partial charge in [-0.2, -0.15) is 0 Å². The molecule has 1 aliphatic rings. The molecule has 1 aliphatic carbocycles. The van der Waals surface area contributed by atoms with Gasteiger partial charge in [0.05, 0.1) is 6.61 Å². The van der Waals surface area contributed by atoms with E-state index in [0.29, 0.717) is 29.9 Å². The van der Waals surface area contributed by atoms with E-state index in [9.17, 15) is 4.79 Å². The van der Waals surface area contributed by atoms with E-state index in [1.807, 2.05) is 0 Å². The van der Waals surface area contributed by atoms with Gasteiger partial charge in [-0.25, -0.2) is 9.78 Å². The normalized spacial score (nSPS) is 15.6. The van der Waals surface area contributed by atoms with Crippen LogP contribution < -0.4 is 0 Å². The Balaban J connectivity index is 2.19. The fourth-order valence-electron chi connectivity index (χ4n) is 1.31. The van der Waals surface area contributed by atoms with Crippen molar-refractivity contribution in [3.8, 4) is 0 Å². The van der Waals surface area contributed by atoms with Crippen LogP contribution in [-0.4, -0.2) is 17.6 Å². The lowest BCUT2D eigenvalue weighted by molar-refractivity contribution is 0.0518. The minimum Gasteiger partial charge on any atom is -0.461 e. The van der Waals surface area contributed by atoms with E-state index in [-0.39, 0.29) is 5.97 Å². The summed E-state index contributed by atoms with van der Waals surface area (Å²) in [6, 6.07) is 0. The van der Waals surface area contributed by atoms with Crippen molar-refractivity contribution >= 4 is 5.97 Å². The van der Waals surface area contributed by atoms with E-state index in [1.165, 1.54) is 0 Å². The SMILES string of the molecule is CCOC(=O)c1nc(C2CC2)oc1C. The zero-order chi connectivity index (χ0) is 10.1. The number of hydrogen-bond acceptors (Lipinski definition) is 4. The molecule has 2 rings (SSSR count). The Kier molecular flexibility index (Phi) is 2.27. The van der Waals surface area contributed by atoms with Crippen molar-refractivity contribution in [2.75, 3.05) is 6.61 Å². The van der Waals surface area contributed by atoms with E-state index < -0.39 is 0 Å². The standard InChI is InChI=1S/C10H13NO3/c1-3-13-10(12)8-6(2)14-9(11-8)7-4-5-7/h7H,3-5H2,1-2H3. The van der Waals surface area contributed by atoms with Crippen LogP contribution in [-0.2, 0) is 4.74 Å². The molecule has 0 amide bonds. The molecule has 1 aromatic heterocycles. The lowest BCUT2D eigenvalue weighted by atomic mass is 10.4. The van der Waals surface area contributed by atoms with Crippen LogP contribution in [0.4, 0.5) is 0 Å². The first kappa shape index (κ1) is 9.24. The van der Waals surface area contributed by atoms with E-state index in [1.54, 1.807) is 13.8 Å². The third-order valence-electron chi connectivity index (χ3n) is 2.21. The first-order chi connectivity index (χ1) is 6.72. The molecule has 0 aromatic carbocycles. The van der Waals surface area contributed by atoms with Crippen LogP contribution in [0.5, 0.6) is 0 Å². The molecule has 14 heavy (non-hydrogen) atoms. The van der Waals surface area contributed by atoms with Gasteiger partial charge in [-0.1, -0.05) is 0 Å². The summed E-state index contributed by atoms with van der Waals surface area (Å²) in [5, 5.41) is 0. The molecule has 0 unspecified atom stereocenters. The van der Waals surface area contributed by atoms with Crippen LogP contribution in [0.3, 0.4) is 0 Å². The summed E-state index contributed by atoms with van der Waals surface area (Å²) in [4.78, 5) is 15.5. The summed E-state index contributed by atoms with van der Waals surface area (Å²) < 4.78 is 10.3. The largest absolute Gasteiger partial charge is 0.461 e. The number of ether oxygens (including phenoxy) is 1. The van der Waals surface area contributed by atoms with Crippen molar-refractivity contribution in [1.82, 2.24) is 4.98 Å². The lowest BCUT2D eigenvalue weighted by Gasteiger charge is -1.96. The molecule has 0 spiro atoms. The van der Waals surface area contributed by atoms with Crippen LogP contribution in [0, 0.1) is 6.92 Å². The number of aryl methyl sites for hydroxylation is 1. The Morgan fingerprint density at radius 1 is 1.64 bits per heavy atom. The second-order valence-electron chi connectivity index (χ2n) is 3.45. The van der Waals surface area contributed by atoms with E-state index in [4.69, 9.17) is 9.15 Å². The minimum atomic E-state index is -0.388. The first-order valence-electron chi connectivity index (χ1n) is 4.86. The molecule has 1 aromatic rings. The van der Waals surface area contributed by atoms with Crippen molar-refractivity contribution < 1.29 is 13.9 Å². The highest BCUT2D eigenvalue weighted by atomic mass is 16.5. The molecule has 1 saturated carbocycles. The first-order valence-corrected chi connectivity index (χ1v) is 4.86. The Morgan fingerprint density at radius 2 is 2.36 bits per heavy atom. The molecule has 0 radical (unpaired) electrons. The smallest absolute Gasteiger partial charge is 0.360 e. The van der Waals surface area contributed by atoms with E-state index in [2.05, 4.69) is 4.98 Å². The molecule has 1 heterocycles. The maximum Gasteiger partial charge on any atom is 0.360 e. The zero-order valence-electron chi connectivity index (χ0n) is 8.37. The van der Waals surface area contributed by atoms with Gasteiger partial charge in [-0.05, 0) is 26.7 Å². The highest BCUT2D eigenvalue weighted by Gasteiger charge is 2.31. The lowest BCUT2D eigenvalue weighted by Crippen LogP contribution is -2.06. The quantitative estimate of drug-likeness (QED) is 0.692. The maximum absolute atomic E-state index is 11.4. The van der Waals surface area contributed by atoms with Gasteiger partial charge in [-0.15, -0.1) is 0 Å². The molecule has 76 valence electrons. The number of esters is 1. The predicted molar refractivity (Wildman–Crippen MR) is 49.2 cm³/mol.